The number of rotatable bonds is 4. The fourth-order valence-corrected chi connectivity index (χ4v) is 2.89. The maximum atomic E-state index is 11.7. The van der Waals surface area contributed by atoms with E-state index in [0.29, 0.717) is 0 Å². The summed E-state index contributed by atoms with van der Waals surface area (Å²) >= 11 is 0. The minimum atomic E-state index is -0.0124. The van der Waals surface area contributed by atoms with Crippen molar-refractivity contribution in [3.8, 4) is 0 Å². The van der Waals surface area contributed by atoms with Crippen molar-refractivity contribution in [2.75, 3.05) is 25.5 Å². The van der Waals surface area contributed by atoms with Crippen LogP contribution in [0.4, 0.5) is 5.69 Å². The molecule has 1 heterocycles. The van der Waals surface area contributed by atoms with Crippen LogP contribution < -0.4 is 10.6 Å². The Morgan fingerprint density at radius 2 is 2.04 bits per heavy atom. The van der Waals surface area contributed by atoms with Gasteiger partial charge >= 0.3 is 0 Å². The number of anilines is 1. The van der Waals surface area contributed by atoms with E-state index >= 15 is 0 Å². The number of nitrogens with zero attached hydrogens (tertiary/aromatic N) is 2. The Hall–Kier alpha value is -2.04. The quantitative estimate of drug-likeness (QED) is 0.659. The molecule has 1 saturated heterocycles. The summed E-state index contributed by atoms with van der Waals surface area (Å²) in [7, 11) is 1.84. The van der Waals surface area contributed by atoms with Crippen LogP contribution in [-0.2, 0) is 11.3 Å². The van der Waals surface area contributed by atoms with E-state index in [4.69, 9.17) is 0 Å². The van der Waals surface area contributed by atoms with Crippen molar-refractivity contribution in [2.24, 2.45) is 16.8 Å². The summed E-state index contributed by atoms with van der Waals surface area (Å²) < 4.78 is 0. The number of piperidine rings is 1. The fourth-order valence-electron chi connectivity index (χ4n) is 2.89. The van der Waals surface area contributed by atoms with Gasteiger partial charge < -0.3 is 15.5 Å². The second-order valence-electron chi connectivity index (χ2n) is 6.94. The van der Waals surface area contributed by atoms with Crippen LogP contribution in [0.3, 0.4) is 0 Å². The first-order chi connectivity index (χ1) is 11.5. The molecule has 1 aliphatic heterocycles. The van der Waals surface area contributed by atoms with Crippen LogP contribution in [0.5, 0.6) is 0 Å². The minimum absolute atomic E-state index is 0.0124. The molecule has 1 amide bonds. The van der Waals surface area contributed by atoms with Crippen LogP contribution in [0.15, 0.2) is 29.3 Å². The molecule has 0 spiro atoms. The molecule has 1 atom stereocenters. The van der Waals surface area contributed by atoms with Crippen LogP contribution >= 0.6 is 0 Å². The van der Waals surface area contributed by atoms with Gasteiger partial charge in [0, 0.05) is 38.3 Å². The molecule has 0 bridgehead atoms. The lowest BCUT2D eigenvalue weighted by Crippen LogP contribution is -2.45. The lowest BCUT2D eigenvalue weighted by atomic mass is 10.0. The van der Waals surface area contributed by atoms with Crippen molar-refractivity contribution in [1.29, 1.82) is 0 Å². The molecule has 0 saturated carbocycles. The topological polar surface area (TPSA) is 56.7 Å². The molecular weight excluding hydrogens is 300 g/mol. The summed E-state index contributed by atoms with van der Waals surface area (Å²) in [5.74, 6) is 1.72. The summed E-state index contributed by atoms with van der Waals surface area (Å²) in [6.45, 7) is 8.95. The highest BCUT2D eigenvalue weighted by Gasteiger charge is 2.18. The largest absolute Gasteiger partial charge is 0.352 e. The predicted octanol–water partition coefficient (Wildman–Crippen LogP) is 3.09. The Balaban J connectivity index is 1.88. The summed E-state index contributed by atoms with van der Waals surface area (Å²) in [6, 6.07) is 7.97. The minimum Gasteiger partial charge on any atom is -0.352 e. The van der Waals surface area contributed by atoms with Gasteiger partial charge in [-0.1, -0.05) is 32.9 Å². The zero-order valence-electron chi connectivity index (χ0n) is 15.3. The molecular formula is C19H30N4O. The van der Waals surface area contributed by atoms with E-state index in [1.807, 2.05) is 45.2 Å². The smallest absolute Gasteiger partial charge is 0.226 e. The van der Waals surface area contributed by atoms with E-state index < -0.39 is 0 Å². The van der Waals surface area contributed by atoms with Crippen LogP contribution in [0, 0.1) is 11.8 Å². The SMILES string of the molecule is CN=C(NCc1ccc(NC(=O)C(C)C)cc1)N1CCCC(C)C1. The summed E-state index contributed by atoms with van der Waals surface area (Å²) in [6.07, 6.45) is 2.53. The molecule has 1 aliphatic rings. The first-order valence-corrected chi connectivity index (χ1v) is 8.85. The van der Waals surface area contributed by atoms with Gasteiger partial charge in [0.2, 0.25) is 5.91 Å². The van der Waals surface area contributed by atoms with Gasteiger partial charge in [0.1, 0.15) is 0 Å². The molecule has 24 heavy (non-hydrogen) atoms. The highest BCUT2D eigenvalue weighted by molar-refractivity contribution is 5.92. The van der Waals surface area contributed by atoms with Gasteiger partial charge in [-0.15, -0.1) is 0 Å². The highest BCUT2D eigenvalue weighted by atomic mass is 16.1. The zero-order valence-corrected chi connectivity index (χ0v) is 15.3. The number of hydrogen-bond acceptors (Lipinski definition) is 2. The standard InChI is InChI=1S/C19H30N4O/c1-14(2)18(24)22-17-9-7-16(8-10-17)12-21-19(20-4)23-11-5-6-15(3)13-23/h7-10,14-15H,5-6,11-13H2,1-4H3,(H,20,21)(H,22,24). The Bertz CT molecular complexity index is 565. The number of likely N-dealkylation sites (tertiary alicyclic amines) is 1. The third-order valence-corrected chi connectivity index (χ3v) is 4.36. The van der Waals surface area contributed by atoms with Crippen molar-refractivity contribution in [1.82, 2.24) is 10.2 Å². The van der Waals surface area contributed by atoms with Gasteiger partial charge in [-0.3, -0.25) is 9.79 Å². The lowest BCUT2D eigenvalue weighted by molar-refractivity contribution is -0.118. The maximum absolute atomic E-state index is 11.7. The van der Waals surface area contributed by atoms with Crippen molar-refractivity contribution in [2.45, 2.75) is 40.2 Å². The lowest BCUT2D eigenvalue weighted by Gasteiger charge is -2.33. The van der Waals surface area contributed by atoms with Gasteiger partial charge in [0.15, 0.2) is 5.96 Å². The van der Waals surface area contributed by atoms with Crippen LogP contribution in [0.25, 0.3) is 0 Å². The Labute approximate surface area is 145 Å². The maximum Gasteiger partial charge on any atom is 0.226 e. The zero-order chi connectivity index (χ0) is 17.5. The third-order valence-electron chi connectivity index (χ3n) is 4.36. The number of amides is 1. The second-order valence-corrected chi connectivity index (χ2v) is 6.94. The second kappa shape index (κ2) is 8.71. The molecule has 0 aliphatic carbocycles. The summed E-state index contributed by atoms with van der Waals surface area (Å²) in [5, 5.41) is 6.35. The molecule has 2 rings (SSSR count). The molecule has 2 N–H and O–H groups in total. The van der Waals surface area contributed by atoms with Crippen LogP contribution in [-0.4, -0.2) is 36.9 Å². The number of carbonyl (C=O) groups is 1. The Morgan fingerprint density at radius 3 is 2.62 bits per heavy atom. The van der Waals surface area contributed by atoms with Crippen molar-refractivity contribution >= 4 is 17.6 Å². The average molecular weight is 330 g/mol. The fraction of sp³-hybridized carbons (Fsp3) is 0.579. The van der Waals surface area contributed by atoms with Gasteiger partial charge in [0.05, 0.1) is 0 Å². The van der Waals surface area contributed by atoms with Crippen molar-refractivity contribution in [3.63, 3.8) is 0 Å². The third kappa shape index (κ3) is 5.25. The molecule has 5 nitrogen and oxygen atoms in total. The summed E-state index contributed by atoms with van der Waals surface area (Å²) in [4.78, 5) is 18.5. The van der Waals surface area contributed by atoms with E-state index in [0.717, 1.165) is 37.2 Å². The molecule has 132 valence electrons. The summed E-state index contributed by atoms with van der Waals surface area (Å²) in [5.41, 5.74) is 2.01. The normalized spacial score (nSPS) is 18.6. The van der Waals surface area contributed by atoms with E-state index in [2.05, 4.69) is 27.4 Å². The molecule has 0 aromatic heterocycles. The molecule has 5 heteroatoms. The van der Waals surface area contributed by atoms with Crippen LogP contribution in [0.1, 0.15) is 39.2 Å². The number of guanidine groups is 1. The van der Waals surface area contributed by atoms with E-state index in [1.165, 1.54) is 18.4 Å². The Kier molecular flexibility index (Phi) is 6.64. The average Bonchev–Trinajstić information content (AvgIpc) is 2.57. The van der Waals surface area contributed by atoms with E-state index in [-0.39, 0.29) is 11.8 Å². The van der Waals surface area contributed by atoms with E-state index in [1.54, 1.807) is 0 Å². The number of nitrogens with one attached hydrogen (secondary N) is 2. The molecule has 1 fully saturated rings. The number of carbonyl (C=O) groups excluding carboxylic acids is 1. The van der Waals surface area contributed by atoms with Crippen LogP contribution in [0.2, 0.25) is 0 Å². The predicted molar refractivity (Wildman–Crippen MR) is 100 cm³/mol. The molecule has 1 unspecified atom stereocenters. The molecule has 1 aromatic carbocycles. The van der Waals surface area contributed by atoms with Gasteiger partial charge in [-0.2, -0.15) is 0 Å². The number of aliphatic imine (C=N–C) groups is 1. The van der Waals surface area contributed by atoms with Crippen molar-refractivity contribution < 1.29 is 4.79 Å². The molecule has 1 aromatic rings. The monoisotopic (exact) mass is 330 g/mol. The van der Waals surface area contributed by atoms with Gasteiger partial charge in [-0.05, 0) is 36.5 Å². The van der Waals surface area contributed by atoms with E-state index in [9.17, 15) is 4.79 Å². The first kappa shape index (κ1) is 18.3. The van der Waals surface area contributed by atoms with Crippen molar-refractivity contribution in [3.05, 3.63) is 29.8 Å². The van der Waals surface area contributed by atoms with Gasteiger partial charge in [-0.25, -0.2) is 0 Å². The number of benzene rings is 1. The first-order valence-electron chi connectivity index (χ1n) is 8.85. The number of hydrogen-bond donors (Lipinski definition) is 2. The van der Waals surface area contributed by atoms with Gasteiger partial charge in [0.25, 0.3) is 0 Å². The molecule has 0 radical (unpaired) electrons. The highest BCUT2D eigenvalue weighted by Crippen LogP contribution is 2.16. The Morgan fingerprint density at radius 1 is 1.33 bits per heavy atom.